The van der Waals surface area contributed by atoms with Crippen LogP contribution < -0.4 is 5.32 Å². The average molecular weight is 348 g/mol. The summed E-state index contributed by atoms with van der Waals surface area (Å²) in [6.45, 7) is 0.746. The number of nitrogens with one attached hydrogen (secondary N) is 2. The average Bonchev–Trinajstić information content (AvgIpc) is 3.41. The summed E-state index contributed by atoms with van der Waals surface area (Å²) in [6, 6.07) is 12.5. The smallest absolute Gasteiger partial charge is 0.277 e. The van der Waals surface area contributed by atoms with Gasteiger partial charge in [-0.05, 0) is 37.1 Å². The first-order chi connectivity index (χ1) is 12.7. The van der Waals surface area contributed by atoms with Crippen molar-refractivity contribution in [2.75, 3.05) is 11.9 Å². The second-order valence-electron chi connectivity index (χ2n) is 5.97. The molecule has 1 saturated heterocycles. The number of nitrogens with zero attached hydrogens (tertiary/aromatic N) is 4. The van der Waals surface area contributed by atoms with Crippen LogP contribution in [0, 0.1) is 11.3 Å². The Balaban J connectivity index is 1.47. The van der Waals surface area contributed by atoms with Crippen molar-refractivity contribution >= 4 is 11.7 Å². The van der Waals surface area contributed by atoms with E-state index in [1.165, 1.54) is 0 Å². The fourth-order valence-electron chi connectivity index (χ4n) is 2.88. The van der Waals surface area contributed by atoms with E-state index in [0.29, 0.717) is 17.1 Å². The molecule has 8 nitrogen and oxygen atoms in total. The molecule has 3 heterocycles. The van der Waals surface area contributed by atoms with Gasteiger partial charge in [-0.25, -0.2) is 4.68 Å². The number of rotatable bonds is 4. The monoisotopic (exact) mass is 348 g/mol. The minimum absolute atomic E-state index is 0.0137. The second-order valence-corrected chi connectivity index (χ2v) is 5.97. The van der Waals surface area contributed by atoms with Gasteiger partial charge in [0.15, 0.2) is 11.5 Å². The Labute approximate surface area is 149 Å². The highest BCUT2D eigenvalue weighted by Gasteiger charge is 2.20. The number of ether oxygens (including phenoxy) is 1. The first-order valence-corrected chi connectivity index (χ1v) is 8.27. The van der Waals surface area contributed by atoms with Crippen LogP contribution in [-0.4, -0.2) is 32.5 Å². The van der Waals surface area contributed by atoms with Crippen molar-refractivity contribution < 1.29 is 9.53 Å². The van der Waals surface area contributed by atoms with E-state index >= 15 is 0 Å². The summed E-state index contributed by atoms with van der Waals surface area (Å²) in [5, 5.41) is 23.0. The zero-order valence-corrected chi connectivity index (χ0v) is 13.8. The quantitative estimate of drug-likeness (QED) is 0.753. The maximum absolute atomic E-state index is 12.4. The van der Waals surface area contributed by atoms with Gasteiger partial charge in [-0.3, -0.25) is 9.89 Å². The van der Waals surface area contributed by atoms with Crippen molar-refractivity contribution in [3.63, 3.8) is 0 Å². The van der Waals surface area contributed by atoms with E-state index < -0.39 is 0 Å². The highest BCUT2D eigenvalue weighted by atomic mass is 16.5. The molecule has 0 bridgehead atoms. The van der Waals surface area contributed by atoms with Crippen LogP contribution in [0.1, 0.15) is 40.7 Å². The molecule has 1 aromatic carbocycles. The highest BCUT2D eigenvalue weighted by Crippen LogP contribution is 2.28. The SMILES string of the molecule is N#Cc1cccc(-n2ccc(C(=O)Nc3cc([C@@H]4CCCO4)[nH]n3)n2)c1. The first-order valence-electron chi connectivity index (χ1n) is 8.27. The van der Waals surface area contributed by atoms with Gasteiger partial charge in [0.1, 0.15) is 0 Å². The van der Waals surface area contributed by atoms with Gasteiger partial charge >= 0.3 is 0 Å². The molecule has 2 N–H and O–H groups in total. The summed E-state index contributed by atoms with van der Waals surface area (Å²) < 4.78 is 7.14. The zero-order valence-electron chi connectivity index (χ0n) is 13.8. The van der Waals surface area contributed by atoms with E-state index in [1.54, 1.807) is 41.2 Å². The number of hydrogen-bond acceptors (Lipinski definition) is 5. The number of anilines is 1. The third-order valence-electron chi connectivity index (χ3n) is 4.18. The molecule has 3 aromatic rings. The molecule has 1 aliphatic heterocycles. The number of aromatic amines is 1. The van der Waals surface area contributed by atoms with Crippen LogP contribution in [0.2, 0.25) is 0 Å². The van der Waals surface area contributed by atoms with Crippen molar-refractivity contribution in [2.45, 2.75) is 18.9 Å². The van der Waals surface area contributed by atoms with E-state index in [9.17, 15) is 4.79 Å². The molecule has 130 valence electrons. The minimum atomic E-state index is -0.356. The van der Waals surface area contributed by atoms with Crippen molar-refractivity contribution in [3.8, 4) is 11.8 Å². The molecule has 2 aromatic heterocycles. The molecule has 4 rings (SSSR count). The van der Waals surface area contributed by atoms with Crippen molar-refractivity contribution in [2.24, 2.45) is 0 Å². The molecule has 0 radical (unpaired) electrons. The van der Waals surface area contributed by atoms with Gasteiger partial charge in [0.25, 0.3) is 5.91 Å². The molecular weight excluding hydrogens is 332 g/mol. The number of nitriles is 1. The van der Waals surface area contributed by atoms with Crippen molar-refractivity contribution in [3.05, 3.63) is 59.5 Å². The largest absolute Gasteiger partial charge is 0.372 e. The van der Waals surface area contributed by atoms with E-state index in [2.05, 4.69) is 26.7 Å². The van der Waals surface area contributed by atoms with Crippen LogP contribution in [-0.2, 0) is 4.74 Å². The number of hydrogen-bond donors (Lipinski definition) is 2. The Morgan fingerprint density at radius 1 is 1.38 bits per heavy atom. The zero-order chi connectivity index (χ0) is 17.9. The van der Waals surface area contributed by atoms with Crippen LogP contribution in [0.15, 0.2) is 42.6 Å². The molecule has 8 heteroatoms. The summed E-state index contributed by atoms with van der Waals surface area (Å²) in [4.78, 5) is 12.4. The van der Waals surface area contributed by atoms with Crippen LogP contribution in [0.5, 0.6) is 0 Å². The van der Waals surface area contributed by atoms with Crippen molar-refractivity contribution in [1.82, 2.24) is 20.0 Å². The Morgan fingerprint density at radius 2 is 2.31 bits per heavy atom. The Kier molecular flexibility index (Phi) is 4.21. The molecule has 0 unspecified atom stereocenters. The molecule has 0 spiro atoms. The van der Waals surface area contributed by atoms with Crippen LogP contribution in [0.3, 0.4) is 0 Å². The topological polar surface area (TPSA) is 109 Å². The number of carbonyl (C=O) groups excluding carboxylic acids is 1. The van der Waals surface area contributed by atoms with Gasteiger partial charge in [-0.2, -0.15) is 15.5 Å². The Morgan fingerprint density at radius 3 is 3.12 bits per heavy atom. The predicted octanol–water partition coefficient (Wildman–Crippen LogP) is 2.57. The van der Waals surface area contributed by atoms with Gasteiger partial charge in [-0.15, -0.1) is 0 Å². The van der Waals surface area contributed by atoms with E-state index in [1.807, 2.05) is 6.07 Å². The standard InChI is InChI=1S/C18H16N6O2/c19-11-12-3-1-4-13(9-12)24-7-6-14(23-24)18(25)20-17-10-15(21-22-17)16-5-2-8-26-16/h1,3-4,6-7,9-10,16H,2,5,8H2,(H2,20,21,22,25)/t16-/m0/s1. The molecule has 1 atom stereocenters. The number of carbonyl (C=O) groups is 1. The maximum Gasteiger partial charge on any atom is 0.277 e. The van der Waals surface area contributed by atoms with Crippen molar-refractivity contribution in [1.29, 1.82) is 5.26 Å². The molecule has 0 saturated carbocycles. The molecule has 1 fully saturated rings. The summed E-state index contributed by atoms with van der Waals surface area (Å²) in [6.07, 6.45) is 3.66. The summed E-state index contributed by atoms with van der Waals surface area (Å²) in [5.74, 6) is 0.0760. The third-order valence-corrected chi connectivity index (χ3v) is 4.18. The maximum atomic E-state index is 12.4. The van der Waals surface area contributed by atoms with Crippen LogP contribution in [0.25, 0.3) is 5.69 Å². The first kappa shape index (κ1) is 16.1. The van der Waals surface area contributed by atoms with Gasteiger partial charge < -0.3 is 10.1 Å². The molecule has 1 aliphatic rings. The van der Waals surface area contributed by atoms with Gasteiger partial charge in [0.05, 0.1) is 29.1 Å². The molecule has 0 aliphatic carbocycles. The lowest BCUT2D eigenvalue weighted by molar-refractivity contribution is 0.102. The van der Waals surface area contributed by atoms with E-state index in [0.717, 1.165) is 25.1 Å². The number of aromatic nitrogens is 4. The van der Waals surface area contributed by atoms with Gasteiger partial charge in [-0.1, -0.05) is 6.07 Å². The van der Waals surface area contributed by atoms with Gasteiger partial charge in [0.2, 0.25) is 0 Å². The fraction of sp³-hybridized carbons (Fsp3) is 0.222. The third kappa shape index (κ3) is 3.20. The Bertz CT molecular complexity index is 977. The molecular formula is C18H16N6O2. The van der Waals surface area contributed by atoms with E-state index in [4.69, 9.17) is 10.00 Å². The lowest BCUT2D eigenvalue weighted by Crippen LogP contribution is -2.13. The predicted molar refractivity (Wildman–Crippen MR) is 92.7 cm³/mol. The number of H-pyrrole nitrogens is 1. The summed E-state index contributed by atoms with van der Waals surface area (Å²) in [7, 11) is 0. The normalized spacial score (nSPS) is 16.3. The fourth-order valence-corrected chi connectivity index (χ4v) is 2.88. The van der Waals surface area contributed by atoms with Crippen LogP contribution in [0.4, 0.5) is 5.82 Å². The highest BCUT2D eigenvalue weighted by molar-refractivity contribution is 6.02. The lowest BCUT2D eigenvalue weighted by atomic mass is 10.2. The minimum Gasteiger partial charge on any atom is -0.372 e. The lowest BCUT2D eigenvalue weighted by Gasteiger charge is -2.04. The molecule has 26 heavy (non-hydrogen) atoms. The van der Waals surface area contributed by atoms with Gasteiger partial charge in [0, 0.05) is 18.9 Å². The summed E-state index contributed by atoms with van der Waals surface area (Å²) >= 11 is 0. The molecule has 1 amide bonds. The Hall–Kier alpha value is -3.44. The van der Waals surface area contributed by atoms with Crippen LogP contribution >= 0.6 is 0 Å². The summed E-state index contributed by atoms with van der Waals surface area (Å²) in [5.41, 5.74) is 2.36. The number of benzene rings is 1. The number of amides is 1. The second kappa shape index (κ2) is 6.82. The van der Waals surface area contributed by atoms with E-state index in [-0.39, 0.29) is 17.7 Å².